The topological polar surface area (TPSA) is 0 Å². The smallest absolute Gasteiger partial charge is 0.0200 e. The highest BCUT2D eigenvalue weighted by atomic mass is 14.1. The van der Waals surface area contributed by atoms with Gasteiger partial charge in [0.15, 0.2) is 0 Å². The highest BCUT2D eigenvalue weighted by molar-refractivity contribution is 5.21. The summed E-state index contributed by atoms with van der Waals surface area (Å²) in [5, 5.41) is 0. The molecule has 0 heterocycles. The van der Waals surface area contributed by atoms with Crippen LogP contribution in [0.4, 0.5) is 0 Å². The van der Waals surface area contributed by atoms with E-state index < -0.39 is 0 Å². The van der Waals surface area contributed by atoms with Crippen molar-refractivity contribution in [2.45, 2.75) is 41.5 Å². The molecule has 0 saturated heterocycles. The molecule has 0 aliphatic rings. The Morgan fingerprint density at radius 2 is 0.458 bits per heavy atom. The van der Waals surface area contributed by atoms with Gasteiger partial charge < -0.3 is 0 Å². The molecule has 0 aromatic rings. The van der Waals surface area contributed by atoms with E-state index in [0.717, 1.165) is 0 Å². The van der Waals surface area contributed by atoms with Crippen molar-refractivity contribution in [3.8, 4) is 0 Å². The first-order chi connectivity index (χ1) is 11.2. The molecule has 0 heteroatoms. The molecule has 0 amide bonds. The van der Waals surface area contributed by atoms with Crippen molar-refractivity contribution in [3.63, 3.8) is 0 Å². The summed E-state index contributed by atoms with van der Waals surface area (Å²) in [6.45, 7) is 13.1. The summed E-state index contributed by atoms with van der Waals surface area (Å²) in [6.07, 6.45) is 32.9. The minimum atomic E-state index is 0.240. The molecule has 0 aliphatic carbocycles. The lowest BCUT2D eigenvalue weighted by Gasteiger charge is -2.09. The number of allylic oxidation sites excluding steroid dienone is 16. The van der Waals surface area contributed by atoms with Crippen molar-refractivity contribution in [1.29, 1.82) is 0 Å². The molecule has 0 radical (unpaired) electrons. The van der Waals surface area contributed by atoms with Gasteiger partial charge in [-0.1, -0.05) is 139 Å². The Hall–Kier alpha value is -2.08. The van der Waals surface area contributed by atoms with Crippen LogP contribution in [-0.4, -0.2) is 0 Å². The number of hydrogen-bond acceptors (Lipinski definition) is 0. The van der Waals surface area contributed by atoms with Crippen LogP contribution in [0, 0.1) is 10.8 Å². The van der Waals surface area contributed by atoms with Gasteiger partial charge in [0, 0.05) is 0 Å². The van der Waals surface area contributed by atoms with Crippen molar-refractivity contribution in [3.05, 3.63) is 97.2 Å². The first-order valence-electron chi connectivity index (χ1n) is 8.58. The highest BCUT2D eigenvalue weighted by Crippen LogP contribution is 2.14. The molecule has 0 atom stereocenters. The third-order valence-electron chi connectivity index (χ3n) is 2.64. The fourth-order valence-electron chi connectivity index (χ4n) is 1.46. The highest BCUT2D eigenvalue weighted by Gasteiger charge is 2.02. The second kappa shape index (κ2) is 12.4. The predicted molar refractivity (Wildman–Crippen MR) is 112 cm³/mol. The molecule has 0 saturated carbocycles. The SMILES string of the molecule is CC(C)(C)/C=C/C=C/C=C/C=C/C=C/C=C/C=C/C=C/C(C)(C)C. The van der Waals surface area contributed by atoms with Crippen LogP contribution < -0.4 is 0 Å². The summed E-state index contributed by atoms with van der Waals surface area (Å²) in [6, 6.07) is 0. The van der Waals surface area contributed by atoms with Gasteiger partial charge in [-0.2, -0.15) is 0 Å². The van der Waals surface area contributed by atoms with Gasteiger partial charge in [0.05, 0.1) is 0 Å². The van der Waals surface area contributed by atoms with Crippen molar-refractivity contribution in [1.82, 2.24) is 0 Å². The quantitative estimate of drug-likeness (QED) is 0.425. The van der Waals surface area contributed by atoms with E-state index >= 15 is 0 Å². The van der Waals surface area contributed by atoms with Gasteiger partial charge in [-0.15, -0.1) is 0 Å². The molecule has 0 N–H and O–H groups in total. The Balaban J connectivity index is 4.01. The predicted octanol–water partition coefficient (Wildman–Crippen LogP) is 7.53. The van der Waals surface area contributed by atoms with Crippen molar-refractivity contribution in [2.24, 2.45) is 10.8 Å². The van der Waals surface area contributed by atoms with E-state index in [4.69, 9.17) is 0 Å². The lowest BCUT2D eigenvalue weighted by molar-refractivity contribution is 0.544. The summed E-state index contributed by atoms with van der Waals surface area (Å²) in [7, 11) is 0. The van der Waals surface area contributed by atoms with E-state index in [0.29, 0.717) is 0 Å². The maximum Gasteiger partial charge on any atom is -0.0200 e. The Bertz CT molecular complexity index is 490. The first kappa shape index (κ1) is 21.9. The van der Waals surface area contributed by atoms with Gasteiger partial charge >= 0.3 is 0 Å². The zero-order chi connectivity index (χ0) is 18.3. The van der Waals surface area contributed by atoms with Gasteiger partial charge in [0.25, 0.3) is 0 Å². The Kier molecular flexibility index (Phi) is 11.3. The van der Waals surface area contributed by atoms with Crippen LogP contribution >= 0.6 is 0 Å². The van der Waals surface area contributed by atoms with Crippen LogP contribution in [0.3, 0.4) is 0 Å². The maximum atomic E-state index is 2.19. The van der Waals surface area contributed by atoms with E-state index in [1.165, 1.54) is 0 Å². The van der Waals surface area contributed by atoms with E-state index in [-0.39, 0.29) is 10.8 Å². The molecule has 0 spiro atoms. The van der Waals surface area contributed by atoms with Gasteiger partial charge in [0.1, 0.15) is 0 Å². The van der Waals surface area contributed by atoms with Crippen LogP contribution in [0.25, 0.3) is 0 Å². The van der Waals surface area contributed by atoms with Gasteiger partial charge in [-0.3, -0.25) is 0 Å². The number of hydrogen-bond donors (Lipinski definition) is 0. The van der Waals surface area contributed by atoms with Crippen LogP contribution in [-0.2, 0) is 0 Å². The zero-order valence-electron chi connectivity index (χ0n) is 16.2. The Morgan fingerprint density at radius 1 is 0.292 bits per heavy atom. The van der Waals surface area contributed by atoms with Crippen LogP contribution in [0.2, 0.25) is 0 Å². The fraction of sp³-hybridized carbons (Fsp3) is 0.333. The Morgan fingerprint density at radius 3 is 0.625 bits per heavy atom. The van der Waals surface area contributed by atoms with E-state index in [1.807, 2.05) is 60.8 Å². The first-order valence-corrected chi connectivity index (χ1v) is 8.58. The summed E-state index contributed by atoms with van der Waals surface area (Å²) in [5.41, 5.74) is 0.481. The monoisotopic (exact) mass is 322 g/mol. The maximum absolute atomic E-state index is 2.19. The van der Waals surface area contributed by atoms with Crippen LogP contribution in [0.1, 0.15) is 41.5 Å². The molecule has 0 nitrogen and oxygen atoms in total. The molecule has 0 bridgehead atoms. The second-order valence-corrected chi connectivity index (χ2v) is 7.76. The molecule has 0 aromatic heterocycles. The summed E-state index contributed by atoms with van der Waals surface area (Å²) >= 11 is 0. The summed E-state index contributed by atoms with van der Waals surface area (Å²) < 4.78 is 0. The van der Waals surface area contributed by atoms with Gasteiger partial charge in [-0.25, -0.2) is 0 Å². The lowest BCUT2D eigenvalue weighted by Crippen LogP contribution is -1.97. The summed E-state index contributed by atoms with van der Waals surface area (Å²) in [5.74, 6) is 0. The molecular weight excluding hydrogens is 288 g/mol. The molecule has 0 fully saturated rings. The third kappa shape index (κ3) is 19.9. The molecule has 0 rings (SSSR count). The van der Waals surface area contributed by atoms with Gasteiger partial charge in [0.2, 0.25) is 0 Å². The molecule has 0 aromatic carbocycles. The van der Waals surface area contributed by atoms with Crippen LogP contribution in [0.15, 0.2) is 97.2 Å². The molecule has 0 aliphatic heterocycles. The fourth-order valence-corrected chi connectivity index (χ4v) is 1.46. The molecule has 130 valence electrons. The molecular formula is C24H34. The second-order valence-electron chi connectivity index (χ2n) is 7.76. The minimum Gasteiger partial charge on any atom is -0.0791 e. The standard InChI is InChI=1S/C24H34/c1-23(2,3)21-19-17-15-13-11-9-7-8-10-12-14-16-18-20-22-24(4,5)6/h7-22H,1-6H3/b9-7+,10-8+,13-11+,14-12+,17-15+,18-16+,21-19+,22-20+. The largest absolute Gasteiger partial charge is 0.0791 e. The zero-order valence-corrected chi connectivity index (χ0v) is 16.2. The van der Waals surface area contributed by atoms with Crippen molar-refractivity contribution >= 4 is 0 Å². The minimum absolute atomic E-state index is 0.240. The summed E-state index contributed by atoms with van der Waals surface area (Å²) in [4.78, 5) is 0. The van der Waals surface area contributed by atoms with Crippen molar-refractivity contribution < 1.29 is 0 Å². The average molecular weight is 323 g/mol. The number of rotatable bonds is 7. The van der Waals surface area contributed by atoms with Crippen LogP contribution in [0.5, 0.6) is 0 Å². The normalized spacial score (nSPS) is 15.4. The van der Waals surface area contributed by atoms with E-state index in [2.05, 4.69) is 78.0 Å². The average Bonchev–Trinajstić information content (AvgIpc) is 2.44. The molecule has 0 unspecified atom stereocenters. The molecule has 24 heavy (non-hydrogen) atoms. The van der Waals surface area contributed by atoms with Crippen molar-refractivity contribution in [2.75, 3.05) is 0 Å². The van der Waals surface area contributed by atoms with Gasteiger partial charge in [-0.05, 0) is 10.8 Å². The van der Waals surface area contributed by atoms with E-state index in [9.17, 15) is 0 Å². The Labute approximate surface area is 150 Å². The third-order valence-corrected chi connectivity index (χ3v) is 2.64. The lowest BCUT2D eigenvalue weighted by atomic mass is 9.96. The van der Waals surface area contributed by atoms with E-state index in [1.54, 1.807) is 0 Å².